The van der Waals surface area contributed by atoms with Crippen molar-refractivity contribution < 1.29 is 8.83 Å². The van der Waals surface area contributed by atoms with Crippen LogP contribution >= 0.6 is 0 Å². The summed E-state index contributed by atoms with van der Waals surface area (Å²) in [5, 5.41) is 2.25. The Labute approximate surface area is 324 Å². The summed E-state index contributed by atoms with van der Waals surface area (Å²) in [5.74, 6) is 0.601. The second kappa shape index (κ2) is 12.4. The Morgan fingerprint density at radius 1 is 0.429 bits per heavy atom. The number of nitrogens with zero attached hydrogens (tertiary/aromatic N) is 2. The van der Waals surface area contributed by atoms with Crippen LogP contribution in [-0.2, 0) is 5.41 Å². The summed E-state index contributed by atoms with van der Waals surface area (Å²) in [5.41, 5.74) is 17.0. The lowest BCUT2D eigenvalue weighted by atomic mass is 9.82. The van der Waals surface area contributed by atoms with Gasteiger partial charge in [-0.1, -0.05) is 135 Å². The number of para-hydroxylation sites is 2. The fourth-order valence-electron chi connectivity index (χ4n) is 8.65. The molecule has 0 radical (unpaired) electrons. The monoisotopic (exact) mass is 720 g/mol. The first-order valence-electron chi connectivity index (χ1n) is 19.1. The Bertz CT molecular complexity index is 3100. The maximum Gasteiger partial charge on any atom is 0.227 e. The molecule has 0 spiro atoms. The summed E-state index contributed by atoms with van der Waals surface area (Å²) >= 11 is 0. The highest BCUT2D eigenvalue weighted by atomic mass is 16.3. The van der Waals surface area contributed by atoms with Gasteiger partial charge in [0.05, 0.1) is 0 Å². The van der Waals surface area contributed by atoms with E-state index in [0.717, 1.165) is 72.4 Å². The SMILES string of the molecule is CC1(C)c2ccccc2-c2ccc(N(c3ccc(-c4cccc5c4oc4ccccc45)cc3)c3ccc4nc(-c5ccc(-c6ccccc6)cc5)oc4c3)cc21. The molecule has 0 fully saturated rings. The fourth-order valence-corrected chi connectivity index (χ4v) is 8.65. The van der Waals surface area contributed by atoms with Gasteiger partial charge in [0, 0.05) is 50.4 Å². The van der Waals surface area contributed by atoms with Crippen LogP contribution in [0, 0.1) is 0 Å². The molecule has 0 amide bonds. The zero-order chi connectivity index (χ0) is 37.4. The van der Waals surface area contributed by atoms with Gasteiger partial charge in [-0.15, -0.1) is 0 Å². The van der Waals surface area contributed by atoms with Crippen molar-refractivity contribution in [3.8, 4) is 44.8 Å². The first-order valence-corrected chi connectivity index (χ1v) is 19.1. The predicted molar refractivity (Wildman–Crippen MR) is 230 cm³/mol. The molecule has 8 aromatic carbocycles. The summed E-state index contributed by atoms with van der Waals surface area (Å²) in [6, 6.07) is 64.2. The molecule has 11 rings (SSSR count). The van der Waals surface area contributed by atoms with Gasteiger partial charge in [0.25, 0.3) is 0 Å². The van der Waals surface area contributed by atoms with Gasteiger partial charge in [0.15, 0.2) is 5.58 Å². The number of hydrogen-bond donors (Lipinski definition) is 0. The molecular formula is C52H36N2O2. The third-order valence-corrected chi connectivity index (χ3v) is 11.5. The van der Waals surface area contributed by atoms with Crippen LogP contribution in [0.25, 0.3) is 77.9 Å². The third-order valence-electron chi connectivity index (χ3n) is 11.5. The molecule has 2 heterocycles. The van der Waals surface area contributed by atoms with Crippen LogP contribution in [-0.4, -0.2) is 4.98 Å². The average Bonchev–Trinajstić information content (AvgIpc) is 3.92. The van der Waals surface area contributed by atoms with Crippen LogP contribution in [0.2, 0.25) is 0 Å². The van der Waals surface area contributed by atoms with Crippen LogP contribution in [0.4, 0.5) is 17.1 Å². The molecule has 0 saturated carbocycles. The second-order valence-electron chi connectivity index (χ2n) is 15.2. The number of rotatable bonds is 6. The topological polar surface area (TPSA) is 42.4 Å². The third kappa shape index (κ3) is 5.10. The van der Waals surface area contributed by atoms with Gasteiger partial charge in [-0.2, -0.15) is 0 Å². The molecule has 2 aromatic heterocycles. The first kappa shape index (κ1) is 32.3. The summed E-state index contributed by atoms with van der Waals surface area (Å²) < 4.78 is 12.9. The van der Waals surface area contributed by atoms with E-state index in [1.54, 1.807) is 0 Å². The molecule has 1 aliphatic rings. The minimum absolute atomic E-state index is 0.136. The molecule has 0 bridgehead atoms. The van der Waals surface area contributed by atoms with Crippen LogP contribution in [0.15, 0.2) is 191 Å². The van der Waals surface area contributed by atoms with Gasteiger partial charge >= 0.3 is 0 Å². The van der Waals surface area contributed by atoms with Crippen molar-refractivity contribution in [3.05, 3.63) is 193 Å². The Hall–Kier alpha value is -7.17. The number of fused-ring (bicyclic) bond motifs is 7. The molecule has 0 saturated heterocycles. The van der Waals surface area contributed by atoms with Crippen LogP contribution in [0.5, 0.6) is 0 Å². The molecular weight excluding hydrogens is 685 g/mol. The van der Waals surface area contributed by atoms with E-state index in [0.29, 0.717) is 5.89 Å². The Morgan fingerprint density at radius 2 is 1.05 bits per heavy atom. The highest BCUT2D eigenvalue weighted by Crippen LogP contribution is 2.51. The predicted octanol–water partition coefficient (Wildman–Crippen LogP) is 14.5. The summed E-state index contributed by atoms with van der Waals surface area (Å²) in [4.78, 5) is 7.23. The van der Waals surface area contributed by atoms with E-state index in [2.05, 4.69) is 183 Å². The van der Waals surface area contributed by atoms with Gasteiger partial charge in [-0.25, -0.2) is 4.98 Å². The first-order chi connectivity index (χ1) is 27.5. The van der Waals surface area contributed by atoms with Crippen molar-refractivity contribution in [1.29, 1.82) is 0 Å². The molecule has 0 unspecified atom stereocenters. The molecule has 10 aromatic rings. The number of anilines is 3. The molecule has 0 N–H and O–H groups in total. The molecule has 0 atom stereocenters. The lowest BCUT2D eigenvalue weighted by Gasteiger charge is -2.28. The molecule has 0 aliphatic heterocycles. The molecule has 266 valence electrons. The standard InChI is InChI=1S/C52H36N2O2/c1-52(2)45-17-8-6-13-41(45)42-29-27-38(31-46(42)52)54(37-25-23-35(24-26-37)40-15-10-16-44-43-14-7-9-18-48(43)55-50(40)44)39-28-30-47-49(32-39)56-51(53-47)36-21-19-34(20-22-36)33-11-4-3-5-12-33/h3-32H,1-2H3. The number of furan rings is 1. The number of aromatic nitrogens is 1. The van der Waals surface area contributed by atoms with E-state index in [9.17, 15) is 0 Å². The van der Waals surface area contributed by atoms with Crippen molar-refractivity contribution in [3.63, 3.8) is 0 Å². The Morgan fingerprint density at radius 3 is 1.91 bits per heavy atom. The molecule has 1 aliphatic carbocycles. The van der Waals surface area contributed by atoms with Gasteiger partial charge in [-0.3, -0.25) is 0 Å². The smallest absolute Gasteiger partial charge is 0.227 e. The van der Waals surface area contributed by atoms with Gasteiger partial charge in [0.1, 0.15) is 16.7 Å². The van der Waals surface area contributed by atoms with E-state index in [-0.39, 0.29) is 5.41 Å². The van der Waals surface area contributed by atoms with E-state index in [1.165, 1.54) is 27.8 Å². The minimum atomic E-state index is -0.136. The van der Waals surface area contributed by atoms with Gasteiger partial charge in [0.2, 0.25) is 5.89 Å². The van der Waals surface area contributed by atoms with Crippen molar-refractivity contribution in [1.82, 2.24) is 4.98 Å². The number of benzene rings is 8. The number of oxazole rings is 1. The zero-order valence-corrected chi connectivity index (χ0v) is 31.0. The quantitative estimate of drug-likeness (QED) is 0.171. The van der Waals surface area contributed by atoms with Crippen molar-refractivity contribution in [2.75, 3.05) is 4.90 Å². The van der Waals surface area contributed by atoms with Crippen molar-refractivity contribution in [2.45, 2.75) is 19.3 Å². The zero-order valence-electron chi connectivity index (χ0n) is 31.0. The van der Waals surface area contributed by atoms with E-state index in [1.807, 2.05) is 18.2 Å². The van der Waals surface area contributed by atoms with Crippen LogP contribution in [0.3, 0.4) is 0 Å². The minimum Gasteiger partial charge on any atom is -0.455 e. The maximum absolute atomic E-state index is 6.51. The number of hydrogen-bond acceptors (Lipinski definition) is 4. The van der Waals surface area contributed by atoms with Crippen LogP contribution < -0.4 is 4.90 Å². The molecule has 4 nitrogen and oxygen atoms in total. The normalized spacial score (nSPS) is 13.0. The summed E-state index contributed by atoms with van der Waals surface area (Å²) in [6.07, 6.45) is 0. The second-order valence-corrected chi connectivity index (χ2v) is 15.2. The summed E-state index contributed by atoms with van der Waals surface area (Å²) in [7, 11) is 0. The molecule has 56 heavy (non-hydrogen) atoms. The van der Waals surface area contributed by atoms with E-state index < -0.39 is 0 Å². The van der Waals surface area contributed by atoms with Crippen molar-refractivity contribution >= 4 is 50.1 Å². The average molecular weight is 721 g/mol. The van der Waals surface area contributed by atoms with Gasteiger partial charge in [-0.05, 0) is 93.5 Å². The highest BCUT2D eigenvalue weighted by Gasteiger charge is 2.35. The van der Waals surface area contributed by atoms with Gasteiger partial charge < -0.3 is 13.7 Å². The highest BCUT2D eigenvalue weighted by molar-refractivity contribution is 6.09. The fraction of sp³-hybridized carbons (Fsp3) is 0.0577. The van der Waals surface area contributed by atoms with E-state index >= 15 is 0 Å². The maximum atomic E-state index is 6.51. The van der Waals surface area contributed by atoms with E-state index in [4.69, 9.17) is 13.8 Å². The van der Waals surface area contributed by atoms with Crippen LogP contribution in [0.1, 0.15) is 25.0 Å². The van der Waals surface area contributed by atoms with Crippen molar-refractivity contribution in [2.24, 2.45) is 0 Å². The Balaban J connectivity index is 1.01. The summed E-state index contributed by atoms with van der Waals surface area (Å²) in [6.45, 7) is 4.65. The Kier molecular flexibility index (Phi) is 7.17. The molecule has 4 heteroatoms. The largest absolute Gasteiger partial charge is 0.455 e. The lowest BCUT2D eigenvalue weighted by Crippen LogP contribution is -2.16. The lowest BCUT2D eigenvalue weighted by molar-refractivity contribution is 0.620.